The van der Waals surface area contributed by atoms with Crippen LogP contribution >= 0.6 is 56.4 Å². The van der Waals surface area contributed by atoms with Crippen LogP contribution in [0.5, 0.6) is 0 Å². The molecule has 1 aromatic carbocycles. The lowest BCUT2D eigenvalue weighted by Gasteiger charge is -2.06. The van der Waals surface area contributed by atoms with Crippen LogP contribution in [0.3, 0.4) is 0 Å². The van der Waals surface area contributed by atoms with E-state index in [4.69, 9.17) is 0 Å². The van der Waals surface area contributed by atoms with Crippen LogP contribution in [0.4, 0.5) is 10.5 Å². The van der Waals surface area contributed by atoms with E-state index in [0.717, 1.165) is 14.6 Å². The number of halogens is 1. The van der Waals surface area contributed by atoms with Gasteiger partial charge >= 0.3 is 0 Å². The van der Waals surface area contributed by atoms with E-state index in [1.807, 2.05) is 18.2 Å². The smallest absolute Gasteiger partial charge is 0.286 e. The average Bonchev–Trinajstić information content (AvgIpc) is 2.86. The molecule has 22 heavy (non-hydrogen) atoms. The molecule has 0 unspecified atom stereocenters. The fourth-order valence-corrected chi connectivity index (χ4v) is 4.74. The Hall–Kier alpha value is -0.380. The van der Waals surface area contributed by atoms with Crippen LogP contribution < -0.4 is 4.67 Å². The van der Waals surface area contributed by atoms with Gasteiger partial charge in [0.25, 0.3) is 5.24 Å². The lowest BCUT2D eigenvalue weighted by molar-refractivity contribution is 0.241. The summed E-state index contributed by atoms with van der Waals surface area (Å²) in [4.78, 5) is 17.8. The van der Waals surface area contributed by atoms with Gasteiger partial charge in [0.1, 0.15) is 4.67 Å². The van der Waals surface area contributed by atoms with Crippen molar-refractivity contribution in [2.24, 2.45) is 4.99 Å². The highest BCUT2D eigenvalue weighted by Gasteiger charge is 2.08. The quantitative estimate of drug-likeness (QED) is 0.337. The molecule has 0 fully saturated rings. The van der Waals surface area contributed by atoms with Crippen LogP contribution in [0.25, 0.3) is 0 Å². The highest BCUT2D eigenvalue weighted by Crippen LogP contribution is 2.26. The van der Waals surface area contributed by atoms with Crippen molar-refractivity contribution in [3.63, 3.8) is 0 Å². The second-order valence-corrected chi connectivity index (χ2v) is 8.53. The molecule has 1 aromatic heterocycles. The van der Waals surface area contributed by atoms with E-state index in [-0.39, 0.29) is 29.2 Å². The SMILES string of the molecule is CC(C)c1ccc(N=c2cc(SC(=O)N(C)C)ss2)cc1.I. The molecule has 2 aromatic rings. The Morgan fingerprint density at radius 1 is 1.18 bits per heavy atom. The standard InChI is InChI=1S/C15H18N2OS3.HI/c1-10(2)11-5-7-12(8-6-11)16-13-9-14(21-20-13)19-15(18)17(3)4;/h5-10H,1-4H3;1H. The Morgan fingerprint density at radius 2 is 1.82 bits per heavy atom. The van der Waals surface area contributed by atoms with Crippen LogP contribution in [0, 0.1) is 0 Å². The van der Waals surface area contributed by atoms with Gasteiger partial charge < -0.3 is 4.90 Å². The molecule has 0 aliphatic rings. The van der Waals surface area contributed by atoms with Crippen LogP contribution in [-0.4, -0.2) is 24.2 Å². The molecule has 1 heterocycles. The third-order valence-corrected chi connectivity index (χ3v) is 6.52. The second-order valence-electron chi connectivity index (χ2n) is 5.09. The maximum absolute atomic E-state index is 11.7. The van der Waals surface area contributed by atoms with Crippen molar-refractivity contribution in [3.8, 4) is 0 Å². The molecule has 7 heteroatoms. The molecule has 0 spiro atoms. The molecule has 2 rings (SSSR count). The summed E-state index contributed by atoms with van der Waals surface area (Å²) in [6.07, 6.45) is 0. The van der Waals surface area contributed by atoms with Crippen molar-refractivity contribution >= 4 is 67.3 Å². The van der Waals surface area contributed by atoms with E-state index in [2.05, 4.69) is 31.0 Å². The Morgan fingerprint density at radius 3 is 2.36 bits per heavy atom. The Labute approximate surface area is 159 Å². The lowest BCUT2D eigenvalue weighted by Crippen LogP contribution is -2.15. The normalized spacial score (nSPS) is 11.4. The highest BCUT2D eigenvalue weighted by molar-refractivity contribution is 14.0. The summed E-state index contributed by atoms with van der Waals surface area (Å²) in [6.45, 7) is 4.36. The highest BCUT2D eigenvalue weighted by atomic mass is 127. The van der Waals surface area contributed by atoms with Gasteiger partial charge in [0.15, 0.2) is 0 Å². The Balaban J connectivity index is 0.00000242. The van der Waals surface area contributed by atoms with Crippen LogP contribution in [-0.2, 0) is 0 Å². The molecule has 0 saturated carbocycles. The summed E-state index contributed by atoms with van der Waals surface area (Å²) in [5.74, 6) is 0.531. The van der Waals surface area contributed by atoms with Gasteiger partial charge in [0.2, 0.25) is 0 Å². The predicted octanol–water partition coefficient (Wildman–Crippen LogP) is 5.56. The first kappa shape index (κ1) is 19.7. The van der Waals surface area contributed by atoms with E-state index in [9.17, 15) is 4.79 Å². The van der Waals surface area contributed by atoms with E-state index in [0.29, 0.717) is 5.92 Å². The van der Waals surface area contributed by atoms with Crippen LogP contribution in [0.15, 0.2) is 39.5 Å². The minimum Gasteiger partial charge on any atom is -0.339 e. The van der Waals surface area contributed by atoms with E-state index in [1.165, 1.54) is 17.3 Å². The van der Waals surface area contributed by atoms with Crippen LogP contribution in [0.2, 0.25) is 0 Å². The number of benzene rings is 1. The van der Waals surface area contributed by atoms with Gasteiger partial charge in [-0.1, -0.05) is 46.7 Å². The van der Waals surface area contributed by atoms with E-state index >= 15 is 0 Å². The number of hydrogen-bond donors (Lipinski definition) is 0. The van der Waals surface area contributed by atoms with Crippen molar-refractivity contribution in [3.05, 3.63) is 40.6 Å². The van der Waals surface area contributed by atoms with Gasteiger partial charge in [-0.3, -0.25) is 4.79 Å². The van der Waals surface area contributed by atoms with Crippen molar-refractivity contribution < 1.29 is 4.79 Å². The molecule has 0 N–H and O–H groups in total. The van der Waals surface area contributed by atoms with Crippen molar-refractivity contribution in [1.29, 1.82) is 0 Å². The fraction of sp³-hybridized carbons (Fsp3) is 0.333. The minimum absolute atomic E-state index is 0. The topological polar surface area (TPSA) is 32.7 Å². The van der Waals surface area contributed by atoms with Gasteiger partial charge in [-0.05, 0) is 41.4 Å². The van der Waals surface area contributed by atoms with Gasteiger partial charge in [-0.2, -0.15) is 0 Å². The summed E-state index contributed by atoms with van der Waals surface area (Å²) in [5, 5.41) is 0.0388. The van der Waals surface area contributed by atoms with Crippen molar-refractivity contribution in [2.75, 3.05) is 14.1 Å². The zero-order chi connectivity index (χ0) is 15.4. The molecule has 0 atom stereocenters. The van der Waals surface area contributed by atoms with Gasteiger partial charge in [0, 0.05) is 14.1 Å². The maximum atomic E-state index is 11.7. The molecule has 0 aliphatic heterocycles. The van der Waals surface area contributed by atoms with Crippen LogP contribution in [0.1, 0.15) is 25.3 Å². The van der Waals surface area contributed by atoms with Gasteiger partial charge in [-0.15, -0.1) is 24.0 Å². The summed E-state index contributed by atoms with van der Waals surface area (Å²) in [5.41, 5.74) is 2.26. The fourth-order valence-electron chi connectivity index (χ4n) is 1.57. The van der Waals surface area contributed by atoms with E-state index in [1.54, 1.807) is 39.7 Å². The third-order valence-electron chi connectivity index (χ3n) is 2.80. The summed E-state index contributed by atoms with van der Waals surface area (Å²) < 4.78 is 1.92. The third kappa shape index (κ3) is 5.68. The number of amides is 1. The summed E-state index contributed by atoms with van der Waals surface area (Å²) >= 11 is 1.25. The van der Waals surface area contributed by atoms with Gasteiger partial charge in [0.05, 0.1) is 9.90 Å². The number of thioether (sulfide) groups is 1. The molecule has 0 bridgehead atoms. The first-order chi connectivity index (χ1) is 9.95. The molecule has 0 aliphatic carbocycles. The number of nitrogens with zero attached hydrogens (tertiary/aromatic N) is 2. The summed E-state index contributed by atoms with van der Waals surface area (Å²) in [6, 6.07) is 10.3. The Bertz CT molecular complexity index is 675. The zero-order valence-corrected chi connectivity index (χ0v) is 17.7. The Kier molecular flexibility index (Phi) is 8.09. The lowest BCUT2D eigenvalue weighted by atomic mass is 10.0. The molecule has 1 amide bonds. The molecular formula is C15H19IN2OS3. The summed E-state index contributed by atoms with van der Waals surface area (Å²) in [7, 11) is 6.69. The second kappa shape index (κ2) is 9.05. The minimum atomic E-state index is 0. The largest absolute Gasteiger partial charge is 0.339 e. The maximum Gasteiger partial charge on any atom is 0.286 e. The predicted molar refractivity (Wildman–Crippen MR) is 108 cm³/mol. The monoisotopic (exact) mass is 466 g/mol. The molecular weight excluding hydrogens is 447 g/mol. The molecule has 0 saturated heterocycles. The van der Waals surface area contributed by atoms with Crippen molar-refractivity contribution in [2.45, 2.75) is 24.0 Å². The molecule has 0 radical (unpaired) electrons. The number of rotatable bonds is 3. The van der Waals surface area contributed by atoms with E-state index < -0.39 is 0 Å². The number of carbonyl (C=O) groups excluding carboxylic acids is 1. The molecule has 3 nitrogen and oxygen atoms in total. The van der Waals surface area contributed by atoms with Gasteiger partial charge in [-0.25, -0.2) is 4.99 Å². The first-order valence-corrected chi connectivity index (χ1v) is 9.56. The molecule has 120 valence electrons. The zero-order valence-electron chi connectivity index (χ0n) is 12.9. The first-order valence-electron chi connectivity index (χ1n) is 6.59. The average molecular weight is 466 g/mol. The number of carbonyl (C=O) groups is 1. The number of hydrogen-bond acceptors (Lipinski definition) is 5. The van der Waals surface area contributed by atoms with Crippen molar-refractivity contribution in [1.82, 2.24) is 4.90 Å².